The molecule has 0 amide bonds. The van der Waals surface area contributed by atoms with E-state index in [9.17, 15) is 0 Å². The molecule has 0 bridgehead atoms. The summed E-state index contributed by atoms with van der Waals surface area (Å²) in [5.74, 6) is 3.94. The number of para-hydroxylation sites is 2. The van der Waals surface area contributed by atoms with E-state index in [0.29, 0.717) is 5.82 Å². The van der Waals surface area contributed by atoms with Crippen LogP contribution in [-0.2, 0) is 5.41 Å². The van der Waals surface area contributed by atoms with Crippen LogP contribution in [0.2, 0.25) is 0 Å². The van der Waals surface area contributed by atoms with Crippen molar-refractivity contribution in [3.05, 3.63) is 149 Å². The maximum absolute atomic E-state index is 6.47. The molecule has 4 heteroatoms. The van der Waals surface area contributed by atoms with Crippen LogP contribution in [-0.4, -0.2) is 15.0 Å². The van der Waals surface area contributed by atoms with Gasteiger partial charge >= 0.3 is 0 Å². The summed E-state index contributed by atoms with van der Waals surface area (Å²) in [6.07, 6.45) is 0. The average molecular weight is 516 g/mol. The van der Waals surface area contributed by atoms with Crippen LogP contribution in [0.4, 0.5) is 0 Å². The molecular weight excluding hydrogens is 490 g/mol. The minimum Gasteiger partial charge on any atom is -0.457 e. The molecule has 5 aromatic carbocycles. The van der Waals surface area contributed by atoms with Crippen molar-refractivity contribution in [3.8, 4) is 45.1 Å². The van der Waals surface area contributed by atoms with E-state index < -0.39 is 5.41 Å². The van der Waals surface area contributed by atoms with E-state index >= 15 is 0 Å². The van der Waals surface area contributed by atoms with Gasteiger partial charge in [-0.1, -0.05) is 97.1 Å². The Morgan fingerprint density at radius 2 is 1.05 bits per heavy atom. The summed E-state index contributed by atoms with van der Waals surface area (Å²) < 4.78 is 6.47. The number of ether oxygens (including phenoxy) is 1. The van der Waals surface area contributed by atoms with E-state index in [0.717, 1.165) is 34.3 Å². The van der Waals surface area contributed by atoms with Crippen LogP contribution in [0.25, 0.3) is 33.6 Å². The largest absolute Gasteiger partial charge is 0.457 e. The van der Waals surface area contributed by atoms with Crippen molar-refractivity contribution in [1.29, 1.82) is 0 Å². The Bertz CT molecular complexity index is 1910. The summed E-state index contributed by atoms with van der Waals surface area (Å²) in [7, 11) is 0. The first-order valence-electron chi connectivity index (χ1n) is 13.5. The highest BCUT2D eigenvalue weighted by atomic mass is 16.5. The lowest BCUT2D eigenvalue weighted by Crippen LogP contribution is -2.32. The number of rotatable bonds is 2. The third-order valence-electron chi connectivity index (χ3n) is 8.16. The molecule has 1 aliphatic heterocycles. The minimum atomic E-state index is -0.479. The van der Waals surface area contributed by atoms with Gasteiger partial charge in [-0.2, -0.15) is 0 Å². The topological polar surface area (TPSA) is 47.9 Å². The number of aryl methyl sites for hydroxylation is 2. The second-order valence-corrected chi connectivity index (χ2v) is 10.5. The van der Waals surface area contributed by atoms with Crippen LogP contribution in [0.3, 0.4) is 0 Å². The number of fused-ring (bicyclic) bond motifs is 9. The van der Waals surface area contributed by atoms with Gasteiger partial charge in [0.25, 0.3) is 0 Å². The van der Waals surface area contributed by atoms with Crippen molar-refractivity contribution in [2.75, 3.05) is 0 Å². The highest BCUT2D eigenvalue weighted by Crippen LogP contribution is 2.63. The minimum absolute atomic E-state index is 0.479. The zero-order valence-corrected chi connectivity index (χ0v) is 22.2. The van der Waals surface area contributed by atoms with Gasteiger partial charge in [-0.05, 0) is 65.4 Å². The fourth-order valence-corrected chi connectivity index (χ4v) is 6.71. The summed E-state index contributed by atoms with van der Waals surface area (Å²) in [4.78, 5) is 13.6. The maximum Gasteiger partial charge on any atom is 0.163 e. The molecule has 0 radical (unpaired) electrons. The van der Waals surface area contributed by atoms with Crippen LogP contribution in [0.5, 0.6) is 11.5 Å². The lowest BCUT2D eigenvalue weighted by Gasteiger charge is -2.39. The fourth-order valence-electron chi connectivity index (χ4n) is 6.71. The molecule has 2 heterocycles. The van der Waals surface area contributed by atoms with Crippen molar-refractivity contribution in [2.24, 2.45) is 0 Å². The Morgan fingerprint density at radius 1 is 0.500 bits per heavy atom. The third-order valence-corrected chi connectivity index (χ3v) is 8.16. The van der Waals surface area contributed by atoms with Crippen molar-refractivity contribution < 1.29 is 4.74 Å². The highest BCUT2D eigenvalue weighted by Gasteiger charge is 2.51. The van der Waals surface area contributed by atoms with Crippen molar-refractivity contribution in [1.82, 2.24) is 15.0 Å². The van der Waals surface area contributed by atoms with Crippen LogP contribution < -0.4 is 4.74 Å². The first-order chi connectivity index (χ1) is 19.6. The maximum atomic E-state index is 6.47. The van der Waals surface area contributed by atoms with E-state index in [4.69, 9.17) is 4.74 Å². The first kappa shape index (κ1) is 22.9. The molecule has 4 nitrogen and oxygen atoms in total. The highest BCUT2D eigenvalue weighted by molar-refractivity contribution is 5.96. The molecule has 2 aliphatic rings. The molecule has 190 valence electrons. The first-order valence-corrected chi connectivity index (χ1v) is 13.5. The van der Waals surface area contributed by atoms with Gasteiger partial charge in [-0.3, -0.25) is 0 Å². The average Bonchev–Trinajstić information content (AvgIpc) is 3.28. The Hall–Kier alpha value is -5.09. The van der Waals surface area contributed by atoms with E-state index in [-0.39, 0.29) is 0 Å². The Labute approximate surface area is 233 Å². The Balaban J connectivity index is 1.43. The predicted octanol–water partition coefficient (Wildman–Crippen LogP) is 8.29. The molecule has 6 aromatic rings. The van der Waals surface area contributed by atoms with Crippen molar-refractivity contribution >= 4 is 0 Å². The lowest BCUT2D eigenvalue weighted by atomic mass is 9.66. The SMILES string of the molecule is Cc1nc(C)nc(-c2cccc(-c3cccc4c3-c3ccccc3C43c4ccccc4Oc4ccccc43)c2)n1. The molecule has 1 spiro atoms. The van der Waals surface area contributed by atoms with Crippen molar-refractivity contribution in [2.45, 2.75) is 19.3 Å². The summed E-state index contributed by atoms with van der Waals surface area (Å²) in [6.45, 7) is 3.82. The number of nitrogens with zero attached hydrogens (tertiary/aromatic N) is 3. The molecule has 8 rings (SSSR count). The molecular formula is C36H25N3O. The van der Waals surface area contributed by atoms with Gasteiger partial charge in [0.2, 0.25) is 0 Å². The summed E-state index contributed by atoms with van der Waals surface area (Å²) in [5, 5.41) is 0. The van der Waals surface area contributed by atoms with Gasteiger partial charge in [0.05, 0.1) is 5.41 Å². The van der Waals surface area contributed by atoms with Gasteiger partial charge in [0, 0.05) is 16.7 Å². The van der Waals surface area contributed by atoms with Crippen LogP contribution in [0, 0.1) is 13.8 Å². The van der Waals surface area contributed by atoms with Crippen LogP contribution in [0.15, 0.2) is 115 Å². The standard InChI is InChI=1S/C36H25N3O/c1-22-37-23(2)39-35(38-22)25-12-9-11-24(21-25)26-14-10-18-31-34(26)27-13-3-4-15-28(27)36(31)29-16-5-7-19-32(29)40-33-20-8-6-17-30(33)36/h3-21H,1-2H3. The summed E-state index contributed by atoms with van der Waals surface area (Å²) >= 11 is 0. The molecule has 0 saturated heterocycles. The smallest absolute Gasteiger partial charge is 0.163 e. The van der Waals surface area contributed by atoms with Crippen LogP contribution in [0.1, 0.15) is 33.9 Å². The Kier molecular flexibility index (Phi) is 4.83. The van der Waals surface area contributed by atoms with E-state index in [1.165, 1.54) is 38.9 Å². The number of benzene rings is 5. The molecule has 40 heavy (non-hydrogen) atoms. The van der Waals surface area contributed by atoms with Gasteiger partial charge in [0.1, 0.15) is 23.1 Å². The quantitative estimate of drug-likeness (QED) is 0.232. The van der Waals surface area contributed by atoms with Gasteiger partial charge in [-0.15, -0.1) is 0 Å². The van der Waals surface area contributed by atoms with Crippen molar-refractivity contribution in [3.63, 3.8) is 0 Å². The van der Waals surface area contributed by atoms with E-state index in [1.807, 2.05) is 13.8 Å². The third kappa shape index (κ3) is 3.10. The van der Waals surface area contributed by atoms with Gasteiger partial charge < -0.3 is 4.74 Å². The lowest BCUT2D eigenvalue weighted by molar-refractivity contribution is 0.436. The summed E-state index contributed by atoms with van der Waals surface area (Å²) in [6, 6.07) is 41.0. The fraction of sp³-hybridized carbons (Fsp3) is 0.0833. The second kappa shape index (κ2) is 8.45. The molecule has 0 N–H and O–H groups in total. The van der Waals surface area contributed by atoms with Gasteiger partial charge in [-0.25, -0.2) is 15.0 Å². The van der Waals surface area contributed by atoms with Crippen LogP contribution >= 0.6 is 0 Å². The zero-order valence-electron chi connectivity index (χ0n) is 22.2. The van der Waals surface area contributed by atoms with E-state index in [2.05, 4.69) is 130 Å². The normalized spacial score (nSPS) is 13.7. The molecule has 0 fully saturated rings. The number of hydrogen-bond donors (Lipinski definition) is 0. The number of aromatic nitrogens is 3. The monoisotopic (exact) mass is 515 g/mol. The van der Waals surface area contributed by atoms with E-state index in [1.54, 1.807) is 0 Å². The molecule has 0 atom stereocenters. The molecule has 0 unspecified atom stereocenters. The molecule has 1 aromatic heterocycles. The summed E-state index contributed by atoms with van der Waals surface area (Å²) in [5.41, 5.74) is 10.2. The Morgan fingerprint density at radius 3 is 1.77 bits per heavy atom. The number of hydrogen-bond acceptors (Lipinski definition) is 4. The second-order valence-electron chi connectivity index (χ2n) is 10.5. The molecule has 0 saturated carbocycles. The predicted molar refractivity (Wildman–Crippen MR) is 158 cm³/mol. The van der Waals surface area contributed by atoms with Gasteiger partial charge in [0.15, 0.2) is 5.82 Å². The zero-order chi connectivity index (χ0) is 26.8. The molecule has 1 aliphatic carbocycles.